The number of aliphatic hydroxyl groups is 1. The molecule has 3 rings (SSSR count). The highest BCUT2D eigenvalue weighted by Gasteiger charge is 2.28. The first-order valence-corrected chi connectivity index (χ1v) is 9.18. The summed E-state index contributed by atoms with van der Waals surface area (Å²) in [6, 6.07) is 3.67. The van der Waals surface area contributed by atoms with Gasteiger partial charge in [0.1, 0.15) is 0 Å². The van der Waals surface area contributed by atoms with Gasteiger partial charge in [0.05, 0.1) is 24.9 Å². The number of rotatable bonds is 4. The number of piperidine rings is 1. The summed E-state index contributed by atoms with van der Waals surface area (Å²) in [5.74, 6) is 1.12. The third kappa shape index (κ3) is 4.07. The summed E-state index contributed by atoms with van der Waals surface area (Å²) in [7, 11) is 0. The Morgan fingerprint density at radius 3 is 2.80 bits per heavy atom. The van der Waals surface area contributed by atoms with Crippen LogP contribution < -0.4 is 14.8 Å². The Labute approximate surface area is 149 Å². The average molecular weight is 348 g/mol. The summed E-state index contributed by atoms with van der Waals surface area (Å²) in [6.07, 6.45) is 1.29. The highest BCUT2D eigenvalue weighted by Crippen LogP contribution is 2.36. The van der Waals surface area contributed by atoms with Gasteiger partial charge in [0, 0.05) is 25.4 Å². The number of carbonyl (C=O) groups is 1. The molecule has 0 spiro atoms. The molecule has 1 fully saturated rings. The van der Waals surface area contributed by atoms with Crippen molar-refractivity contribution in [1.82, 2.24) is 10.2 Å². The zero-order valence-corrected chi connectivity index (χ0v) is 15.1. The predicted octanol–water partition coefficient (Wildman–Crippen LogP) is 1.59. The van der Waals surface area contributed by atoms with Crippen LogP contribution in [0.4, 0.5) is 0 Å². The molecule has 2 aliphatic heterocycles. The van der Waals surface area contributed by atoms with Crippen molar-refractivity contribution in [2.24, 2.45) is 5.92 Å². The maximum Gasteiger partial charge on any atom is 0.255 e. The minimum absolute atomic E-state index is 0.0907. The van der Waals surface area contributed by atoms with E-state index in [1.165, 1.54) is 0 Å². The van der Waals surface area contributed by atoms with E-state index in [1.807, 2.05) is 13.0 Å². The standard InChI is InChI=1S/C19H28N2O4/c1-3-21-8-7-14(16(22)12-21)11-20-19(23)15-6-5-13(2)17-18(15)25-10-4-9-24-17/h5-6,14,16,22H,3-4,7-12H2,1-2H3,(H,20,23)/t14-,16+/m0/s1. The van der Waals surface area contributed by atoms with Gasteiger partial charge in [0.15, 0.2) is 11.5 Å². The monoisotopic (exact) mass is 348 g/mol. The second-order valence-electron chi connectivity index (χ2n) is 6.86. The van der Waals surface area contributed by atoms with Crippen LogP contribution >= 0.6 is 0 Å². The Balaban J connectivity index is 1.66. The number of likely N-dealkylation sites (N-methyl/N-ethyl adjacent to an activating group) is 1. The molecule has 0 saturated carbocycles. The van der Waals surface area contributed by atoms with E-state index in [-0.39, 0.29) is 11.8 Å². The first kappa shape index (κ1) is 18.0. The van der Waals surface area contributed by atoms with Crippen LogP contribution in [0.2, 0.25) is 0 Å². The Hall–Kier alpha value is -1.79. The highest BCUT2D eigenvalue weighted by atomic mass is 16.5. The number of aryl methyl sites for hydroxylation is 1. The number of likely N-dealkylation sites (tertiary alicyclic amines) is 1. The molecular weight excluding hydrogens is 320 g/mol. The molecule has 1 saturated heterocycles. The molecule has 2 N–H and O–H groups in total. The number of amides is 1. The smallest absolute Gasteiger partial charge is 0.255 e. The molecule has 0 radical (unpaired) electrons. The first-order valence-electron chi connectivity index (χ1n) is 9.18. The van der Waals surface area contributed by atoms with E-state index in [2.05, 4.69) is 17.1 Å². The maximum atomic E-state index is 12.7. The molecule has 1 aromatic carbocycles. The molecule has 0 aromatic heterocycles. The molecule has 1 aromatic rings. The van der Waals surface area contributed by atoms with Gasteiger partial charge in [0.25, 0.3) is 5.91 Å². The van der Waals surface area contributed by atoms with Crippen molar-refractivity contribution >= 4 is 5.91 Å². The van der Waals surface area contributed by atoms with Gasteiger partial charge in [-0.05, 0) is 38.1 Å². The van der Waals surface area contributed by atoms with Crippen LogP contribution in [-0.4, -0.2) is 61.4 Å². The molecule has 2 aliphatic rings. The highest BCUT2D eigenvalue weighted by molar-refractivity contribution is 5.98. The Kier molecular flexibility index (Phi) is 5.81. The topological polar surface area (TPSA) is 71.0 Å². The van der Waals surface area contributed by atoms with Crippen LogP contribution in [0.25, 0.3) is 0 Å². The molecular formula is C19H28N2O4. The van der Waals surface area contributed by atoms with Crippen molar-refractivity contribution in [3.63, 3.8) is 0 Å². The van der Waals surface area contributed by atoms with Crippen molar-refractivity contribution in [2.75, 3.05) is 39.4 Å². The molecule has 2 atom stereocenters. The normalized spacial score (nSPS) is 23.8. The predicted molar refractivity (Wildman–Crippen MR) is 95.3 cm³/mol. The second-order valence-corrected chi connectivity index (χ2v) is 6.86. The SMILES string of the molecule is CCN1CC[C@@H](CNC(=O)c2ccc(C)c3c2OCCCO3)[C@H](O)C1. The average Bonchev–Trinajstić information content (AvgIpc) is 2.87. The lowest BCUT2D eigenvalue weighted by Gasteiger charge is -2.35. The summed E-state index contributed by atoms with van der Waals surface area (Å²) < 4.78 is 11.5. The first-order chi connectivity index (χ1) is 12.1. The van der Waals surface area contributed by atoms with Gasteiger partial charge in [0.2, 0.25) is 0 Å². The maximum absolute atomic E-state index is 12.7. The lowest BCUT2D eigenvalue weighted by Crippen LogP contribution is -2.47. The van der Waals surface area contributed by atoms with E-state index in [9.17, 15) is 9.90 Å². The molecule has 2 heterocycles. The van der Waals surface area contributed by atoms with E-state index in [0.29, 0.717) is 43.4 Å². The fourth-order valence-electron chi connectivity index (χ4n) is 3.46. The van der Waals surface area contributed by atoms with E-state index in [1.54, 1.807) is 6.07 Å². The summed E-state index contributed by atoms with van der Waals surface area (Å²) in [5, 5.41) is 13.3. The van der Waals surface area contributed by atoms with Crippen molar-refractivity contribution in [1.29, 1.82) is 0 Å². The number of ether oxygens (including phenoxy) is 2. The van der Waals surface area contributed by atoms with Crippen LogP contribution in [0.1, 0.15) is 35.7 Å². The number of hydrogen-bond donors (Lipinski definition) is 2. The molecule has 6 nitrogen and oxygen atoms in total. The van der Waals surface area contributed by atoms with E-state index in [4.69, 9.17) is 9.47 Å². The molecule has 25 heavy (non-hydrogen) atoms. The number of nitrogens with one attached hydrogen (secondary N) is 1. The van der Waals surface area contributed by atoms with E-state index < -0.39 is 6.10 Å². The number of fused-ring (bicyclic) bond motifs is 1. The van der Waals surface area contributed by atoms with Gasteiger partial charge in [-0.1, -0.05) is 13.0 Å². The minimum Gasteiger partial charge on any atom is -0.489 e. The quantitative estimate of drug-likeness (QED) is 0.865. The Morgan fingerprint density at radius 1 is 1.32 bits per heavy atom. The number of benzene rings is 1. The van der Waals surface area contributed by atoms with Gasteiger partial charge in [-0.25, -0.2) is 0 Å². The minimum atomic E-state index is -0.399. The lowest BCUT2D eigenvalue weighted by molar-refractivity contribution is 0.0242. The van der Waals surface area contributed by atoms with E-state index in [0.717, 1.165) is 31.5 Å². The zero-order chi connectivity index (χ0) is 17.8. The van der Waals surface area contributed by atoms with Gasteiger partial charge < -0.3 is 24.8 Å². The summed E-state index contributed by atoms with van der Waals surface area (Å²) in [5.41, 5.74) is 1.47. The van der Waals surface area contributed by atoms with Crippen molar-refractivity contribution in [3.8, 4) is 11.5 Å². The van der Waals surface area contributed by atoms with Crippen molar-refractivity contribution in [3.05, 3.63) is 23.3 Å². The molecule has 0 aliphatic carbocycles. The fourth-order valence-corrected chi connectivity index (χ4v) is 3.46. The van der Waals surface area contributed by atoms with Gasteiger partial charge in [-0.2, -0.15) is 0 Å². The number of carbonyl (C=O) groups excluding carboxylic acids is 1. The van der Waals surface area contributed by atoms with Crippen molar-refractivity contribution < 1.29 is 19.4 Å². The lowest BCUT2D eigenvalue weighted by atomic mass is 9.93. The van der Waals surface area contributed by atoms with Crippen LogP contribution in [-0.2, 0) is 0 Å². The van der Waals surface area contributed by atoms with Gasteiger partial charge in [-0.3, -0.25) is 4.79 Å². The third-order valence-corrected chi connectivity index (χ3v) is 5.11. The zero-order valence-electron chi connectivity index (χ0n) is 15.1. The number of aliphatic hydroxyl groups excluding tert-OH is 1. The largest absolute Gasteiger partial charge is 0.489 e. The fraction of sp³-hybridized carbons (Fsp3) is 0.632. The second kappa shape index (κ2) is 8.06. The van der Waals surface area contributed by atoms with Gasteiger partial charge >= 0.3 is 0 Å². The summed E-state index contributed by atoms with van der Waals surface area (Å²) in [6.45, 7) is 8.25. The van der Waals surface area contributed by atoms with Crippen LogP contribution in [0, 0.1) is 12.8 Å². The Morgan fingerprint density at radius 2 is 2.08 bits per heavy atom. The van der Waals surface area contributed by atoms with E-state index >= 15 is 0 Å². The third-order valence-electron chi connectivity index (χ3n) is 5.11. The van der Waals surface area contributed by atoms with Crippen LogP contribution in [0.3, 0.4) is 0 Å². The number of hydrogen-bond acceptors (Lipinski definition) is 5. The summed E-state index contributed by atoms with van der Waals surface area (Å²) in [4.78, 5) is 14.9. The molecule has 6 heteroatoms. The molecule has 0 bridgehead atoms. The van der Waals surface area contributed by atoms with Crippen LogP contribution in [0.15, 0.2) is 12.1 Å². The Bertz CT molecular complexity index is 620. The molecule has 1 amide bonds. The van der Waals surface area contributed by atoms with Crippen LogP contribution in [0.5, 0.6) is 11.5 Å². The molecule has 138 valence electrons. The number of nitrogens with zero attached hydrogens (tertiary/aromatic N) is 1. The number of β-amino-alcohol motifs (C(OH)–C–C–N with tert-alkyl or cyclic N) is 1. The molecule has 0 unspecified atom stereocenters. The van der Waals surface area contributed by atoms with Crippen molar-refractivity contribution in [2.45, 2.75) is 32.8 Å². The summed E-state index contributed by atoms with van der Waals surface area (Å²) >= 11 is 0. The van der Waals surface area contributed by atoms with Gasteiger partial charge in [-0.15, -0.1) is 0 Å².